The fourth-order valence-electron chi connectivity index (χ4n) is 2.62. The highest BCUT2D eigenvalue weighted by molar-refractivity contribution is 7.89. The highest BCUT2D eigenvalue weighted by Crippen LogP contribution is 2.27. The summed E-state index contributed by atoms with van der Waals surface area (Å²) in [5.74, 6) is -0.312. The lowest BCUT2D eigenvalue weighted by Gasteiger charge is -2.33. The molecule has 0 amide bonds. The molecular weight excluding hydrogens is 306 g/mol. The molecule has 0 saturated carbocycles. The van der Waals surface area contributed by atoms with E-state index in [0.29, 0.717) is 18.8 Å². The highest BCUT2D eigenvalue weighted by atomic mass is 32.2. The number of sulfonamides is 1. The zero-order valence-electron chi connectivity index (χ0n) is 12.8. The van der Waals surface area contributed by atoms with Gasteiger partial charge in [-0.2, -0.15) is 4.31 Å². The summed E-state index contributed by atoms with van der Waals surface area (Å²) in [6.07, 6.45) is 3.34. The number of aromatic nitrogens is 1. The predicted octanol–water partition coefficient (Wildman–Crippen LogP) is 1.17. The van der Waals surface area contributed by atoms with Crippen LogP contribution in [0, 0.1) is 0 Å². The molecule has 1 fully saturated rings. The summed E-state index contributed by atoms with van der Waals surface area (Å²) in [4.78, 5) is 17.0. The van der Waals surface area contributed by atoms with E-state index in [1.54, 1.807) is 11.0 Å². The quantitative estimate of drug-likeness (QED) is 0.873. The number of carboxylic acids is 1. The van der Waals surface area contributed by atoms with Crippen molar-refractivity contribution in [1.29, 1.82) is 0 Å². The predicted molar refractivity (Wildman–Crippen MR) is 82.3 cm³/mol. The highest BCUT2D eigenvalue weighted by Gasteiger charge is 2.34. The van der Waals surface area contributed by atoms with E-state index in [9.17, 15) is 13.2 Å². The van der Waals surface area contributed by atoms with Gasteiger partial charge < -0.3 is 10.0 Å². The maximum absolute atomic E-state index is 12.7. The van der Waals surface area contributed by atoms with Gasteiger partial charge in [-0.3, -0.25) is 4.79 Å². The van der Waals surface area contributed by atoms with Crippen LogP contribution < -0.4 is 4.90 Å². The Kier molecular flexibility index (Phi) is 5.02. The van der Waals surface area contributed by atoms with Crippen LogP contribution in [0.1, 0.15) is 25.7 Å². The Labute approximate surface area is 130 Å². The van der Waals surface area contributed by atoms with Crippen molar-refractivity contribution in [2.45, 2.75) is 36.6 Å². The largest absolute Gasteiger partial charge is 0.481 e. The molecule has 0 aliphatic carbocycles. The third-order valence-electron chi connectivity index (χ3n) is 3.77. The SMILES string of the molecule is CN(C)c1ccc(S(=O)(=O)N2CCCCC2CC(=O)O)cn1. The zero-order valence-corrected chi connectivity index (χ0v) is 13.6. The Morgan fingerprint density at radius 1 is 1.41 bits per heavy atom. The number of carbonyl (C=O) groups is 1. The molecule has 1 N–H and O–H groups in total. The van der Waals surface area contributed by atoms with Crippen LogP contribution in [0.3, 0.4) is 0 Å². The molecule has 0 aromatic carbocycles. The third kappa shape index (κ3) is 3.56. The average molecular weight is 327 g/mol. The lowest BCUT2D eigenvalue weighted by Crippen LogP contribution is -2.44. The summed E-state index contributed by atoms with van der Waals surface area (Å²) in [6.45, 7) is 0.357. The van der Waals surface area contributed by atoms with Crippen molar-refractivity contribution in [1.82, 2.24) is 9.29 Å². The van der Waals surface area contributed by atoms with Crippen LogP contribution >= 0.6 is 0 Å². The fraction of sp³-hybridized carbons (Fsp3) is 0.571. The molecule has 7 nitrogen and oxygen atoms in total. The van der Waals surface area contributed by atoms with Crippen LogP contribution in [0.5, 0.6) is 0 Å². The van der Waals surface area contributed by atoms with Crippen LogP contribution in [0.4, 0.5) is 5.82 Å². The standard InChI is InChI=1S/C14H21N3O4S/c1-16(2)13-7-6-12(10-15-13)22(20,21)17-8-4-3-5-11(17)9-14(18)19/h6-7,10-11H,3-5,8-9H2,1-2H3,(H,18,19). The molecule has 0 spiro atoms. The lowest BCUT2D eigenvalue weighted by molar-refractivity contribution is -0.138. The van der Waals surface area contributed by atoms with Crippen LogP contribution in [-0.4, -0.2) is 55.5 Å². The normalized spacial score (nSPS) is 19.8. The second-order valence-electron chi connectivity index (χ2n) is 5.61. The number of hydrogen-bond acceptors (Lipinski definition) is 5. The molecule has 2 rings (SSSR count). The Bertz CT molecular complexity index is 628. The van der Waals surface area contributed by atoms with E-state index in [0.717, 1.165) is 12.8 Å². The molecule has 1 aromatic rings. The molecule has 122 valence electrons. The van der Waals surface area contributed by atoms with Gasteiger partial charge in [-0.05, 0) is 25.0 Å². The third-order valence-corrected chi connectivity index (χ3v) is 5.70. The van der Waals surface area contributed by atoms with Crippen molar-refractivity contribution in [3.63, 3.8) is 0 Å². The van der Waals surface area contributed by atoms with Gasteiger partial charge >= 0.3 is 5.97 Å². The molecule has 1 aliphatic rings. The molecule has 1 aromatic heterocycles. The number of carboxylic acid groups (broad SMARTS) is 1. The van der Waals surface area contributed by atoms with Crippen molar-refractivity contribution < 1.29 is 18.3 Å². The summed E-state index contributed by atoms with van der Waals surface area (Å²) in [6, 6.07) is 2.68. The van der Waals surface area contributed by atoms with Crippen LogP contribution in [-0.2, 0) is 14.8 Å². The van der Waals surface area contributed by atoms with E-state index in [1.165, 1.54) is 16.6 Å². The molecule has 22 heavy (non-hydrogen) atoms. The molecule has 1 aliphatic heterocycles. The molecule has 2 heterocycles. The van der Waals surface area contributed by atoms with Crippen LogP contribution in [0.2, 0.25) is 0 Å². The van der Waals surface area contributed by atoms with E-state index in [2.05, 4.69) is 4.98 Å². The second-order valence-corrected chi connectivity index (χ2v) is 7.50. The van der Waals surface area contributed by atoms with Gasteiger partial charge in [0.2, 0.25) is 10.0 Å². The van der Waals surface area contributed by atoms with Crippen molar-refractivity contribution in [3.05, 3.63) is 18.3 Å². The smallest absolute Gasteiger partial charge is 0.304 e. The number of hydrogen-bond donors (Lipinski definition) is 1. The Hall–Kier alpha value is -1.67. The van der Waals surface area contributed by atoms with Crippen LogP contribution in [0.25, 0.3) is 0 Å². The molecule has 1 saturated heterocycles. The van der Waals surface area contributed by atoms with E-state index < -0.39 is 22.0 Å². The van der Waals surface area contributed by atoms with Gasteiger partial charge in [0.05, 0.1) is 6.42 Å². The summed E-state index contributed by atoms with van der Waals surface area (Å²) < 4.78 is 26.8. The maximum atomic E-state index is 12.7. The van der Waals surface area contributed by atoms with Gasteiger partial charge in [0.1, 0.15) is 10.7 Å². The molecule has 8 heteroatoms. The molecule has 1 atom stereocenters. The Morgan fingerprint density at radius 3 is 2.68 bits per heavy atom. The van der Waals surface area contributed by atoms with Crippen molar-refractivity contribution in [3.8, 4) is 0 Å². The van der Waals surface area contributed by atoms with Gasteiger partial charge in [0.25, 0.3) is 0 Å². The fourth-order valence-corrected chi connectivity index (χ4v) is 4.26. The molecule has 0 radical (unpaired) electrons. The van der Waals surface area contributed by atoms with E-state index in [4.69, 9.17) is 5.11 Å². The molecular formula is C14H21N3O4S. The van der Waals surface area contributed by atoms with E-state index in [-0.39, 0.29) is 11.3 Å². The first-order chi connectivity index (χ1) is 10.3. The van der Waals surface area contributed by atoms with Crippen LogP contribution in [0.15, 0.2) is 23.2 Å². The topological polar surface area (TPSA) is 90.8 Å². The lowest BCUT2D eigenvalue weighted by atomic mass is 10.0. The first kappa shape index (κ1) is 16.7. The summed E-state index contributed by atoms with van der Waals surface area (Å²) >= 11 is 0. The first-order valence-corrected chi connectivity index (χ1v) is 8.63. The maximum Gasteiger partial charge on any atom is 0.304 e. The van der Waals surface area contributed by atoms with E-state index >= 15 is 0 Å². The molecule has 0 bridgehead atoms. The Balaban J connectivity index is 2.28. The molecule has 1 unspecified atom stereocenters. The van der Waals surface area contributed by atoms with Gasteiger partial charge in [-0.1, -0.05) is 6.42 Å². The Morgan fingerprint density at radius 2 is 2.14 bits per heavy atom. The summed E-state index contributed by atoms with van der Waals surface area (Å²) in [7, 11) is -0.0634. The number of rotatable bonds is 5. The summed E-state index contributed by atoms with van der Waals surface area (Å²) in [5, 5.41) is 8.98. The van der Waals surface area contributed by atoms with Crippen molar-refractivity contribution in [2.24, 2.45) is 0 Å². The van der Waals surface area contributed by atoms with Crippen molar-refractivity contribution in [2.75, 3.05) is 25.5 Å². The van der Waals surface area contributed by atoms with Crippen molar-refractivity contribution >= 4 is 21.8 Å². The minimum atomic E-state index is -3.71. The zero-order chi connectivity index (χ0) is 16.3. The van der Waals surface area contributed by atoms with E-state index in [1.807, 2.05) is 14.1 Å². The minimum Gasteiger partial charge on any atom is -0.481 e. The second kappa shape index (κ2) is 6.62. The minimum absolute atomic E-state index is 0.107. The van der Waals surface area contributed by atoms with Gasteiger partial charge in [0.15, 0.2) is 0 Å². The number of nitrogens with zero attached hydrogens (tertiary/aromatic N) is 3. The number of pyridine rings is 1. The van der Waals surface area contributed by atoms with Gasteiger partial charge in [-0.15, -0.1) is 0 Å². The summed E-state index contributed by atoms with van der Waals surface area (Å²) in [5.41, 5.74) is 0. The number of anilines is 1. The monoisotopic (exact) mass is 327 g/mol. The average Bonchev–Trinajstić information content (AvgIpc) is 2.47. The number of piperidine rings is 1. The first-order valence-electron chi connectivity index (χ1n) is 7.19. The number of aliphatic carboxylic acids is 1. The van der Waals surface area contributed by atoms with Gasteiger partial charge in [0, 0.05) is 32.9 Å². The van der Waals surface area contributed by atoms with Gasteiger partial charge in [-0.25, -0.2) is 13.4 Å².